The van der Waals surface area contributed by atoms with Gasteiger partial charge in [0.2, 0.25) is 11.8 Å². The lowest BCUT2D eigenvalue weighted by Gasteiger charge is -2.36. The Bertz CT molecular complexity index is 956. The van der Waals surface area contributed by atoms with Crippen LogP contribution in [0.3, 0.4) is 0 Å². The summed E-state index contributed by atoms with van der Waals surface area (Å²) in [6, 6.07) is 16.9. The van der Waals surface area contributed by atoms with Gasteiger partial charge in [-0.1, -0.05) is 49.2 Å². The average Bonchev–Trinajstić information content (AvgIpc) is 3.12. The molecule has 0 radical (unpaired) electrons. The molecule has 2 aromatic rings. The Morgan fingerprint density at radius 1 is 0.788 bits per heavy atom. The van der Waals surface area contributed by atoms with Gasteiger partial charge in [-0.05, 0) is 44.0 Å². The molecule has 0 spiro atoms. The first-order valence-corrected chi connectivity index (χ1v) is 11.2. The van der Waals surface area contributed by atoms with Gasteiger partial charge in [-0.25, -0.2) is 9.59 Å². The van der Waals surface area contributed by atoms with Crippen LogP contribution in [0.1, 0.15) is 53.3 Å². The average molecular weight is 450 g/mol. The second-order valence-corrected chi connectivity index (χ2v) is 8.89. The minimum absolute atomic E-state index is 0.278. The zero-order chi connectivity index (χ0) is 23.4. The Kier molecular flexibility index (Phi) is 6.58. The molecule has 2 amide bonds. The maximum absolute atomic E-state index is 13.3. The Morgan fingerprint density at radius 3 is 1.58 bits per heavy atom. The van der Waals surface area contributed by atoms with Gasteiger partial charge in [0.05, 0.1) is 23.0 Å². The molecule has 7 heteroatoms. The minimum atomic E-state index is -1.32. The molecule has 1 heterocycles. The number of imide groups is 1. The number of esters is 2. The molecule has 0 aromatic heterocycles. The van der Waals surface area contributed by atoms with Crippen molar-refractivity contribution in [1.29, 1.82) is 0 Å². The third kappa shape index (κ3) is 4.67. The number of rotatable bonds is 7. The van der Waals surface area contributed by atoms with E-state index in [1.807, 2.05) is 0 Å². The number of nitrogens with zero attached hydrogens (tertiary/aromatic N) is 1. The summed E-state index contributed by atoms with van der Waals surface area (Å²) in [5.74, 6) is -2.43. The lowest BCUT2D eigenvalue weighted by atomic mass is 9.81. The normalized spacial score (nSPS) is 20.3. The SMILES string of the molecule is CC(COC(=O)c1ccccc1)(COC(=O)c1ccccc1)N1C(=O)C2CCCCC2C1=O. The Balaban J connectivity index is 1.55. The smallest absolute Gasteiger partial charge is 0.338 e. The molecule has 0 bridgehead atoms. The number of amides is 2. The van der Waals surface area contributed by atoms with Crippen molar-refractivity contribution in [3.8, 4) is 0 Å². The lowest BCUT2D eigenvalue weighted by molar-refractivity contribution is -0.151. The van der Waals surface area contributed by atoms with E-state index in [2.05, 4.69) is 0 Å². The van der Waals surface area contributed by atoms with Crippen molar-refractivity contribution in [2.24, 2.45) is 11.8 Å². The number of carbonyl (C=O) groups is 4. The second-order valence-electron chi connectivity index (χ2n) is 8.89. The maximum atomic E-state index is 13.3. The van der Waals surface area contributed by atoms with E-state index in [9.17, 15) is 19.2 Å². The van der Waals surface area contributed by atoms with Crippen molar-refractivity contribution in [2.75, 3.05) is 13.2 Å². The number of carbonyl (C=O) groups excluding carboxylic acids is 4. The molecular weight excluding hydrogens is 422 g/mol. The second kappa shape index (κ2) is 9.57. The van der Waals surface area contributed by atoms with Crippen LogP contribution in [0, 0.1) is 11.8 Å². The summed E-state index contributed by atoms with van der Waals surface area (Å²) in [7, 11) is 0. The van der Waals surface area contributed by atoms with Crippen molar-refractivity contribution >= 4 is 23.8 Å². The fourth-order valence-electron chi connectivity index (χ4n) is 4.62. The Morgan fingerprint density at radius 2 is 1.18 bits per heavy atom. The van der Waals surface area contributed by atoms with Gasteiger partial charge in [-0.2, -0.15) is 0 Å². The number of hydrogen-bond donors (Lipinski definition) is 0. The molecule has 2 aromatic carbocycles. The van der Waals surface area contributed by atoms with Crippen LogP contribution in [0.4, 0.5) is 0 Å². The zero-order valence-electron chi connectivity index (χ0n) is 18.6. The molecule has 2 atom stereocenters. The number of benzene rings is 2. The standard InChI is InChI=1S/C26H27NO6/c1-26(16-32-24(30)18-10-4-2-5-11-18,17-33-25(31)19-12-6-3-7-13-19)27-22(28)20-14-8-9-15-21(20)23(27)29/h2-7,10-13,20-21H,8-9,14-17H2,1H3. The first-order chi connectivity index (χ1) is 15.9. The predicted octanol–water partition coefficient (Wildman–Crippen LogP) is 3.63. The van der Waals surface area contributed by atoms with Crippen molar-refractivity contribution < 1.29 is 28.7 Å². The predicted molar refractivity (Wildman–Crippen MR) is 119 cm³/mol. The van der Waals surface area contributed by atoms with E-state index < -0.39 is 17.5 Å². The summed E-state index contributed by atoms with van der Waals surface area (Å²) in [6.07, 6.45) is 3.12. The first-order valence-electron chi connectivity index (χ1n) is 11.2. The monoisotopic (exact) mass is 449 g/mol. The van der Waals surface area contributed by atoms with E-state index in [4.69, 9.17) is 9.47 Å². The summed E-state index contributed by atoms with van der Waals surface area (Å²) in [6.45, 7) is 1.07. The number of hydrogen-bond acceptors (Lipinski definition) is 6. The Labute approximate surface area is 192 Å². The lowest BCUT2D eigenvalue weighted by Crippen LogP contribution is -2.56. The highest BCUT2D eigenvalue weighted by Crippen LogP contribution is 2.41. The van der Waals surface area contributed by atoms with E-state index in [0.29, 0.717) is 24.0 Å². The largest absolute Gasteiger partial charge is 0.459 e. The minimum Gasteiger partial charge on any atom is -0.459 e. The van der Waals surface area contributed by atoms with Crippen LogP contribution in [-0.4, -0.2) is 47.4 Å². The zero-order valence-corrected chi connectivity index (χ0v) is 18.6. The third-order valence-corrected chi connectivity index (χ3v) is 6.43. The van der Waals surface area contributed by atoms with Crippen molar-refractivity contribution in [3.05, 3.63) is 71.8 Å². The highest BCUT2D eigenvalue weighted by Gasteiger charge is 2.55. The molecule has 33 heavy (non-hydrogen) atoms. The van der Waals surface area contributed by atoms with Gasteiger partial charge in [0, 0.05) is 0 Å². The molecule has 2 unspecified atom stereocenters. The molecule has 1 saturated heterocycles. The molecule has 2 aliphatic rings. The molecule has 1 aliphatic heterocycles. The summed E-state index contributed by atoms with van der Waals surface area (Å²) in [5, 5.41) is 0. The number of fused-ring (bicyclic) bond motifs is 1. The molecule has 7 nitrogen and oxygen atoms in total. The summed E-state index contributed by atoms with van der Waals surface area (Å²) in [4.78, 5) is 52.8. The topological polar surface area (TPSA) is 90.0 Å². The van der Waals surface area contributed by atoms with Crippen LogP contribution >= 0.6 is 0 Å². The van der Waals surface area contributed by atoms with Gasteiger partial charge < -0.3 is 9.47 Å². The number of likely N-dealkylation sites (tertiary alicyclic amines) is 1. The summed E-state index contributed by atoms with van der Waals surface area (Å²) in [5.41, 5.74) is -0.608. The fourth-order valence-corrected chi connectivity index (χ4v) is 4.62. The highest BCUT2D eigenvalue weighted by atomic mass is 16.5. The van der Waals surface area contributed by atoms with E-state index in [-0.39, 0.29) is 36.9 Å². The summed E-state index contributed by atoms with van der Waals surface area (Å²) < 4.78 is 11.0. The maximum Gasteiger partial charge on any atom is 0.338 e. The van der Waals surface area contributed by atoms with Crippen LogP contribution in [0.25, 0.3) is 0 Å². The molecule has 0 N–H and O–H groups in total. The van der Waals surface area contributed by atoms with Crippen molar-refractivity contribution in [3.63, 3.8) is 0 Å². The van der Waals surface area contributed by atoms with E-state index in [1.54, 1.807) is 67.6 Å². The van der Waals surface area contributed by atoms with Crippen molar-refractivity contribution in [2.45, 2.75) is 38.1 Å². The van der Waals surface area contributed by atoms with Gasteiger partial charge in [0.15, 0.2) is 0 Å². The molecule has 4 rings (SSSR count). The summed E-state index contributed by atoms with van der Waals surface area (Å²) >= 11 is 0. The van der Waals surface area contributed by atoms with Crippen molar-refractivity contribution in [1.82, 2.24) is 4.90 Å². The molecule has 1 saturated carbocycles. The first kappa shape index (κ1) is 22.7. The van der Waals surface area contributed by atoms with Crippen LogP contribution in [-0.2, 0) is 19.1 Å². The van der Waals surface area contributed by atoms with Gasteiger partial charge in [0.25, 0.3) is 0 Å². The molecule has 1 aliphatic carbocycles. The van der Waals surface area contributed by atoms with E-state index >= 15 is 0 Å². The van der Waals surface area contributed by atoms with Gasteiger partial charge >= 0.3 is 11.9 Å². The van der Waals surface area contributed by atoms with Crippen LogP contribution in [0.15, 0.2) is 60.7 Å². The van der Waals surface area contributed by atoms with E-state index in [0.717, 1.165) is 12.8 Å². The van der Waals surface area contributed by atoms with Gasteiger partial charge in [-0.15, -0.1) is 0 Å². The van der Waals surface area contributed by atoms with Crippen LogP contribution in [0.5, 0.6) is 0 Å². The Hall–Kier alpha value is -3.48. The molecule has 172 valence electrons. The highest BCUT2D eigenvalue weighted by molar-refractivity contribution is 6.06. The fraction of sp³-hybridized carbons (Fsp3) is 0.385. The van der Waals surface area contributed by atoms with Crippen LogP contribution < -0.4 is 0 Å². The van der Waals surface area contributed by atoms with Gasteiger partial charge in [-0.3, -0.25) is 14.5 Å². The van der Waals surface area contributed by atoms with Gasteiger partial charge in [0.1, 0.15) is 18.8 Å². The number of ether oxygens (including phenoxy) is 2. The van der Waals surface area contributed by atoms with Crippen LogP contribution in [0.2, 0.25) is 0 Å². The third-order valence-electron chi connectivity index (χ3n) is 6.43. The quantitative estimate of drug-likeness (QED) is 0.474. The molecule has 2 fully saturated rings. The van der Waals surface area contributed by atoms with E-state index in [1.165, 1.54) is 4.90 Å². The molecular formula is C26H27NO6.